The summed E-state index contributed by atoms with van der Waals surface area (Å²) in [4.78, 5) is 22.5. The van der Waals surface area contributed by atoms with E-state index in [1.54, 1.807) is 38.1 Å². The van der Waals surface area contributed by atoms with Gasteiger partial charge in [-0.05, 0) is 19.9 Å². The van der Waals surface area contributed by atoms with Gasteiger partial charge in [-0.1, -0.05) is 18.2 Å². The molecule has 21 heavy (non-hydrogen) atoms. The summed E-state index contributed by atoms with van der Waals surface area (Å²) in [6, 6.07) is 7.05. The highest BCUT2D eigenvalue weighted by Gasteiger charge is 2.25. The summed E-state index contributed by atoms with van der Waals surface area (Å²) >= 11 is 0. The van der Waals surface area contributed by atoms with Gasteiger partial charge in [0.15, 0.2) is 5.69 Å². The smallest absolute Gasteiger partial charge is 0.358 e. The van der Waals surface area contributed by atoms with Crippen molar-refractivity contribution in [3.05, 3.63) is 30.0 Å². The zero-order valence-corrected chi connectivity index (χ0v) is 11.8. The van der Waals surface area contributed by atoms with Crippen LogP contribution in [0.4, 0.5) is 5.69 Å². The average molecular weight is 288 g/mol. The van der Waals surface area contributed by atoms with E-state index >= 15 is 0 Å². The highest BCUT2D eigenvalue weighted by Crippen LogP contribution is 2.28. The van der Waals surface area contributed by atoms with Crippen molar-refractivity contribution in [2.75, 3.05) is 5.32 Å². The lowest BCUT2D eigenvalue weighted by atomic mass is 9.99. The predicted molar refractivity (Wildman–Crippen MR) is 78.0 cm³/mol. The highest BCUT2D eigenvalue weighted by molar-refractivity contribution is 6.02. The van der Waals surface area contributed by atoms with E-state index in [4.69, 9.17) is 5.73 Å². The number of benzene rings is 1. The fourth-order valence-corrected chi connectivity index (χ4v) is 2.15. The van der Waals surface area contributed by atoms with Crippen molar-refractivity contribution in [1.29, 1.82) is 0 Å². The van der Waals surface area contributed by atoms with Gasteiger partial charge < -0.3 is 16.2 Å². The Morgan fingerprint density at radius 1 is 1.29 bits per heavy atom. The van der Waals surface area contributed by atoms with E-state index in [0.29, 0.717) is 16.6 Å². The number of amides is 1. The van der Waals surface area contributed by atoms with Crippen LogP contribution in [0.1, 0.15) is 30.8 Å². The fourth-order valence-electron chi connectivity index (χ4n) is 2.15. The van der Waals surface area contributed by atoms with Gasteiger partial charge in [0.05, 0.1) is 11.2 Å². The second kappa shape index (κ2) is 5.35. The van der Waals surface area contributed by atoms with Crippen molar-refractivity contribution in [1.82, 2.24) is 10.2 Å². The maximum atomic E-state index is 11.3. The van der Waals surface area contributed by atoms with Crippen molar-refractivity contribution in [2.24, 2.45) is 5.73 Å². The SMILES string of the molecule is CC(C)(CC(N)=O)Nc1c(C(=O)O)nnc2ccccc12. The number of hydrogen-bond acceptors (Lipinski definition) is 5. The first kappa shape index (κ1) is 14.7. The van der Waals surface area contributed by atoms with Crippen LogP contribution < -0.4 is 11.1 Å². The number of fused-ring (bicyclic) bond motifs is 1. The zero-order valence-electron chi connectivity index (χ0n) is 11.8. The molecule has 0 aliphatic carbocycles. The summed E-state index contributed by atoms with van der Waals surface area (Å²) in [7, 11) is 0. The number of aromatic nitrogens is 2. The van der Waals surface area contributed by atoms with Crippen LogP contribution in [-0.4, -0.2) is 32.7 Å². The van der Waals surface area contributed by atoms with Crippen molar-refractivity contribution in [2.45, 2.75) is 25.8 Å². The first-order valence-corrected chi connectivity index (χ1v) is 6.35. The van der Waals surface area contributed by atoms with Crippen LogP contribution in [0.15, 0.2) is 24.3 Å². The number of nitrogens with zero attached hydrogens (tertiary/aromatic N) is 2. The number of carbonyl (C=O) groups is 2. The van der Waals surface area contributed by atoms with Crippen LogP contribution in [0.2, 0.25) is 0 Å². The molecule has 7 nitrogen and oxygen atoms in total. The van der Waals surface area contributed by atoms with Gasteiger partial charge in [-0.25, -0.2) is 4.79 Å². The summed E-state index contributed by atoms with van der Waals surface area (Å²) in [5.74, 6) is -1.67. The molecule has 110 valence electrons. The van der Waals surface area contributed by atoms with E-state index in [9.17, 15) is 14.7 Å². The molecule has 0 saturated heterocycles. The van der Waals surface area contributed by atoms with Crippen LogP contribution in [0.3, 0.4) is 0 Å². The number of carbonyl (C=O) groups excluding carboxylic acids is 1. The van der Waals surface area contributed by atoms with Gasteiger partial charge >= 0.3 is 5.97 Å². The molecule has 4 N–H and O–H groups in total. The zero-order chi connectivity index (χ0) is 15.6. The molecular weight excluding hydrogens is 272 g/mol. The Morgan fingerprint density at radius 3 is 2.57 bits per heavy atom. The molecule has 1 heterocycles. The molecule has 2 aromatic rings. The minimum absolute atomic E-state index is 0.0582. The Morgan fingerprint density at radius 2 is 1.95 bits per heavy atom. The van der Waals surface area contributed by atoms with E-state index in [1.165, 1.54) is 0 Å². The predicted octanol–water partition coefficient (Wildman–Crippen LogP) is 1.39. The summed E-state index contributed by atoms with van der Waals surface area (Å²) in [6.45, 7) is 3.52. The molecule has 0 bridgehead atoms. The van der Waals surface area contributed by atoms with Gasteiger partial charge in [-0.15, -0.1) is 10.2 Å². The molecule has 1 aromatic heterocycles. The fraction of sp³-hybridized carbons (Fsp3) is 0.286. The Labute approximate surface area is 121 Å². The third-order valence-corrected chi connectivity index (χ3v) is 2.95. The van der Waals surface area contributed by atoms with Gasteiger partial charge in [0.2, 0.25) is 5.91 Å². The molecule has 1 amide bonds. The lowest BCUT2D eigenvalue weighted by Crippen LogP contribution is -2.36. The Bertz CT molecular complexity index is 712. The monoisotopic (exact) mass is 288 g/mol. The number of nitrogens with one attached hydrogen (secondary N) is 1. The summed E-state index contributed by atoms with van der Waals surface area (Å²) in [6.07, 6.45) is 0.0582. The number of hydrogen-bond donors (Lipinski definition) is 3. The third-order valence-electron chi connectivity index (χ3n) is 2.95. The van der Waals surface area contributed by atoms with Gasteiger partial charge in [-0.3, -0.25) is 4.79 Å². The molecule has 0 unspecified atom stereocenters. The highest BCUT2D eigenvalue weighted by atomic mass is 16.4. The number of carboxylic acid groups (broad SMARTS) is 1. The Balaban J connectivity index is 2.56. The number of aromatic carboxylic acids is 1. The second-order valence-corrected chi connectivity index (χ2v) is 5.40. The lowest BCUT2D eigenvalue weighted by Gasteiger charge is -2.27. The summed E-state index contributed by atoms with van der Waals surface area (Å²) in [5, 5.41) is 20.6. The molecule has 0 fully saturated rings. The number of nitrogens with two attached hydrogens (primary N) is 1. The van der Waals surface area contributed by atoms with E-state index < -0.39 is 17.4 Å². The quantitative estimate of drug-likeness (QED) is 0.765. The molecule has 0 atom stereocenters. The van der Waals surface area contributed by atoms with Gasteiger partial charge in [0.1, 0.15) is 0 Å². The first-order valence-electron chi connectivity index (χ1n) is 6.35. The lowest BCUT2D eigenvalue weighted by molar-refractivity contribution is -0.118. The molecule has 0 aliphatic heterocycles. The van der Waals surface area contributed by atoms with Crippen molar-refractivity contribution in [3.8, 4) is 0 Å². The molecule has 0 aliphatic rings. The normalized spacial score (nSPS) is 11.3. The average Bonchev–Trinajstić information content (AvgIpc) is 2.36. The summed E-state index contributed by atoms with van der Waals surface area (Å²) < 4.78 is 0. The van der Waals surface area contributed by atoms with Crippen molar-refractivity contribution >= 4 is 28.5 Å². The molecule has 1 aromatic carbocycles. The maximum Gasteiger partial charge on any atom is 0.358 e. The number of primary amides is 1. The molecule has 0 radical (unpaired) electrons. The molecule has 0 spiro atoms. The minimum atomic E-state index is -1.19. The summed E-state index contributed by atoms with van der Waals surface area (Å²) in [5.41, 5.74) is 5.23. The van der Waals surface area contributed by atoms with Crippen molar-refractivity contribution < 1.29 is 14.7 Å². The van der Waals surface area contributed by atoms with E-state index in [-0.39, 0.29) is 12.1 Å². The largest absolute Gasteiger partial charge is 0.476 e. The molecule has 7 heteroatoms. The molecular formula is C14H16N4O3. The van der Waals surface area contributed by atoms with E-state index in [2.05, 4.69) is 15.5 Å². The number of rotatable bonds is 5. The number of anilines is 1. The standard InChI is InChI=1S/C14H16N4O3/c1-14(2,7-10(15)19)16-11-8-5-3-4-6-9(8)17-18-12(11)13(20)21/h3-6H,7H2,1-2H3,(H2,15,19)(H,16,17)(H,20,21). The Kier molecular flexibility index (Phi) is 3.75. The Hall–Kier alpha value is -2.70. The van der Waals surface area contributed by atoms with Gasteiger partial charge in [0.25, 0.3) is 0 Å². The second-order valence-electron chi connectivity index (χ2n) is 5.40. The first-order chi connectivity index (χ1) is 9.80. The van der Waals surface area contributed by atoms with Crippen molar-refractivity contribution in [3.63, 3.8) is 0 Å². The molecule has 2 rings (SSSR count). The topological polar surface area (TPSA) is 118 Å². The minimum Gasteiger partial charge on any atom is -0.476 e. The third kappa shape index (κ3) is 3.25. The maximum absolute atomic E-state index is 11.3. The van der Waals surface area contributed by atoms with Gasteiger partial charge in [0, 0.05) is 17.3 Å². The van der Waals surface area contributed by atoms with E-state index in [1.807, 2.05) is 0 Å². The van der Waals surface area contributed by atoms with Gasteiger partial charge in [-0.2, -0.15) is 0 Å². The molecule has 0 saturated carbocycles. The van der Waals surface area contributed by atoms with Crippen LogP contribution in [0.5, 0.6) is 0 Å². The van der Waals surface area contributed by atoms with Crippen LogP contribution in [-0.2, 0) is 4.79 Å². The number of carboxylic acids is 1. The van der Waals surface area contributed by atoms with Crippen LogP contribution in [0.25, 0.3) is 10.9 Å². The van der Waals surface area contributed by atoms with Crippen LogP contribution in [0, 0.1) is 0 Å². The van der Waals surface area contributed by atoms with E-state index in [0.717, 1.165) is 0 Å². The van der Waals surface area contributed by atoms with Crippen LogP contribution >= 0.6 is 0 Å².